The van der Waals surface area contributed by atoms with Gasteiger partial charge in [-0.15, -0.1) is 0 Å². The quantitative estimate of drug-likeness (QED) is 0.849. The average molecular weight is 343 g/mol. The van der Waals surface area contributed by atoms with Crippen molar-refractivity contribution in [2.75, 3.05) is 5.32 Å². The minimum Gasteiger partial charge on any atom is -0.399 e. The van der Waals surface area contributed by atoms with Crippen LogP contribution >= 0.6 is 0 Å². The van der Waals surface area contributed by atoms with Gasteiger partial charge in [0.2, 0.25) is 5.91 Å². The lowest BCUT2D eigenvalue weighted by Crippen LogP contribution is -2.41. The largest absolute Gasteiger partial charge is 0.495 e. The number of carbonyl (C=O) groups is 1. The lowest BCUT2D eigenvalue weighted by atomic mass is 9.76. The summed E-state index contributed by atoms with van der Waals surface area (Å²) in [6, 6.07) is 5.98. The highest BCUT2D eigenvalue weighted by Gasteiger charge is 2.52. The van der Waals surface area contributed by atoms with E-state index >= 15 is 0 Å². The number of anilines is 1. The van der Waals surface area contributed by atoms with E-state index in [1.807, 2.05) is 25.1 Å². The monoisotopic (exact) mass is 343 g/mol. The predicted molar refractivity (Wildman–Crippen MR) is 102 cm³/mol. The van der Waals surface area contributed by atoms with Gasteiger partial charge in [-0.05, 0) is 70.6 Å². The van der Waals surface area contributed by atoms with Crippen LogP contribution in [0.2, 0.25) is 0 Å². The van der Waals surface area contributed by atoms with Crippen LogP contribution in [0.4, 0.5) is 5.69 Å². The van der Waals surface area contributed by atoms with E-state index in [9.17, 15) is 4.79 Å². The lowest BCUT2D eigenvalue weighted by molar-refractivity contribution is -0.120. The molecule has 136 valence electrons. The molecule has 1 N–H and O–H groups in total. The summed E-state index contributed by atoms with van der Waals surface area (Å²) in [5, 5.41) is 3.08. The zero-order valence-electron chi connectivity index (χ0n) is 16.1. The fourth-order valence-corrected chi connectivity index (χ4v) is 3.60. The van der Waals surface area contributed by atoms with Crippen molar-refractivity contribution in [2.45, 2.75) is 77.9 Å². The van der Waals surface area contributed by atoms with Crippen molar-refractivity contribution >= 4 is 24.2 Å². The molecule has 25 heavy (non-hydrogen) atoms. The number of nitrogens with one attached hydrogen (secondary N) is 1. The van der Waals surface area contributed by atoms with Crippen LogP contribution in [-0.2, 0) is 14.1 Å². The predicted octanol–water partition coefficient (Wildman–Crippen LogP) is 3.81. The highest BCUT2D eigenvalue weighted by atomic mass is 16.7. The summed E-state index contributed by atoms with van der Waals surface area (Å²) in [5.74, 6) is 0.319. The summed E-state index contributed by atoms with van der Waals surface area (Å²) >= 11 is 0. The lowest BCUT2D eigenvalue weighted by Gasteiger charge is -2.32. The fraction of sp³-hybridized carbons (Fsp3) is 0.650. The first kappa shape index (κ1) is 18.5. The topological polar surface area (TPSA) is 47.6 Å². The van der Waals surface area contributed by atoms with Gasteiger partial charge in [0.15, 0.2) is 0 Å². The van der Waals surface area contributed by atoms with Crippen molar-refractivity contribution in [3.05, 3.63) is 23.8 Å². The normalized spacial score (nSPS) is 22.8. The van der Waals surface area contributed by atoms with Crippen LogP contribution in [0.15, 0.2) is 18.2 Å². The second kappa shape index (κ2) is 6.77. The number of hydrogen-bond donors (Lipinski definition) is 1. The molecule has 1 heterocycles. The summed E-state index contributed by atoms with van der Waals surface area (Å²) in [6.07, 6.45) is 5.61. The van der Waals surface area contributed by atoms with Crippen molar-refractivity contribution in [2.24, 2.45) is 5.92 Å². The summed E-state index contributed by atoms with van der Waals surface area (Å²) < 4.78 is 12.3. The molecule has 5 heteroatoms. The Morgan fingerprint density at radius 1 is 1.08 bits per heavy atom. The number of rotatable bonds is 3. The Bertz CT molecular complexity index is 634. The molecule has 0 spiro atoms. The van der Waals surface area contributed by atoms with Crippen molar-refractivity contribution < 1.29 is 14.1 Å². The van der Waals surface area contributed by atoms with Gasteiger partial charge in [0.05, 0.1) is 11.2 Å². The van der Waals surface area contributed by atoms with Crippen molar-refractivity contribution in [3.8, 4) is 0 Å². The second-order valence-electron chi connectivity index (χ2n) is 8.48. The van der Waals surface area contributed by atoms with E-state index in [4.69, 9.17) is 9.31 Å². The summed E-state index contributed by atoms with van der Waals surface area (Å²) in [5.41, 5.74) is 2.25. The fourth-order valence-electron chi connectivity index (χ4n) is 3.60. The van der Waals surface area contributed by atoms with Gasteiger partial charge in [-0.1, -0.05) is 25.3 Å². The third-order valence-electron chi connectivity index (χ3n) is 6.02. The van der Waals surface area contributed by atoms with Crippen LogP contribution in [0.25, 0.3) is 0 Å². The molecule has 1 aliphatic heterocycles. The van der Waals surface area contributed by atoms with Crippen LogP contribution in [0, 0.1) is 12.8 Å². The Balaban J connectivity index is 1.70. The van der Waals surface area contributed by atoms with Gasteiger partial charge in [0.25, 0.3) is 0 Å². The van der Waals surface area contributed by atoms with Crippen LogP contribution in [0.5, 0.6) is 0 Å². The molecule has 1 aromatic rings. The van der Waals surface area contributed by atoms with Gasteiger partial charge in [-0.25, -0.2) is 0 Å². The van der Waals surface area contributed by atoms with Gasteiger partial charge < -0.3 is 14.6 Å². The molecule has 1 amide bonds. The Labute approximate surface area is 151 Å². The van der Waals surface area contributed by atoms with Crippen LogP contribution in [-0.4, -0.2) is 24.2 Å². The van der Waals surface area contributed by atoms with Gasteiger partial charge in [0.1, 0.15) is 0 Å². The molecule has 0 bridgehead atoms. The molecule has 3 rings (SSSR count). The van der Waals surface area contributed by atoms with E-state index in [1.165, 1.54) is 6.42 Å². The molecule has 0 radical (unpaired) electrons. The maximum atomic E-state index is 12.4. The molecule has 2 aliphatic rings. The minimum absolute atomic E-state index is 0.155. The maximum Gasteiger partial charge on any atom is 0.495 e. The number of hydrogen-bond acceptors (Lipinski definition) is 3. The molecular formula is C20H30BNO3. The van der Waals surface area contributed by atoms with Gasteiger partial charge in [-0.3, -0.25) is 4.79 Å². The number of benzene rings is 1. The molecule has 0 aromatic heterocycles. The Morgan fingerprint density at radius 3 is 2.24 bits per heavy atom. The number of aryl methyl sites for hydroxylation is 1. The van der Waals surface area contributed by atoms with E-state index in [0.29, 0.717) is 0 Å². The summed E-state index contributed by atoms with van der Waals surface area (Å²) in [7, 11) is -0.368. The van der Waals surface area contributed by atoms with E-state index in [0.717, 1.165) is 42.4 Å². The van der Waals surface area contributed by atoms with E-state index < -0.39 is 0 Å². The SMILES string of the molecule is Cc1cc(NC(=O)C2CCCCC2)ccc1B1OC(C)(C)C(C)(C)O1. The Morgan fingerprint density at radius 2 is 1.68 bits per heavy atom. The van der Waals surface area contributed by atoms with E-state index in [-0.39, 0.29) is 30.1 Å². The van der Waals surface area contributed by atoms with Crippen molar-refractivity contribution in [1.29, 1.82) is 0 Å². The first-order chi connectivity index (χ1) is 11.7. The summed E-state index contributed by atoms with van der Waals surface area (Å²) in [6.45, 7) is 10.3. The Kier molecular flexibility index (Phi) is 5.00. The molecule has 1 saturated carbocycles. The smallest absolute Gasteiger partial charge is 0.399 e. The Hall–Kier alpha value is -1.33. The first-order valence-corrected chi connectivity index (χ1v) is 9.47. The highest BCUT2D eigenvalue weighted by molar-refractivity contribution is 6.62. The molecule has 4 nitrogen and oxygen atoms in total. The van der Waals surface area contributed by atoms with Crippen LogP contribution < -0.4 is 10.8 Å². The number of carbonyl (C=O) groups excluding carboxylic acids is 1. The molecular weight excluding hydrogens is 313 g/mol. The number of amides is 1. The third kappa shape index (κ3) is 3.77. The zero-order chi connectivity index (χ0) is 18.2. The van der Waals surface area contributed by atoms with Crippen LogP contribution in [0.1, 0.15) is 65.4 Å². The van der Waals surface area contributed by atoms with Gasteiger partial charge in [-0.2, -0.15) is 0 Å². The summed E-state index contributed by atoms with van der Waals surface area (Å²) in [4.78, 5) is 12.4. The molecule has 0 atom stereocenters. The third-order valence-corrected chi connectivity index (χ3v) is 6.02. The average Bonchev–Trinajstić information content (AvgIpc) is 2.76. The van der Waals surface area contributed by atoms with Crippen LogP contribution in [0.3, 0.4) is 0 Å². The second-order valence-corrected chi connectivity index (χ2v) is 8.48. The van der Waals surface area contributed by atoms with E-state index in [1.54, 1.807) is 0 Å². The zero-order valence-corrected chi connectivity index (χ0v) is 16.1. The van der Waals surface area contributed by atoms with Crippen molar-refractivity contribution in [1.82, 2.24) is 0 Å². The van der Waals surface area contributed by atoms with Gasteiger partial charge >= 0.3 is 7.12 Å². The van der Waals surface area contributed by atoms with Crippen molar-refractivity contribution in [3.63, 3.8) is 0 Å². The highest BCUT2D eigenvalue weighted by Crippen LogP contribution is 2.36. The molecule has 1 saturated heterocycles. The maximum absolute atomic E-state index is 12.4. The van der Waals surface area contributed by atoms with Gasteiger partial charge in [0, 0.05) is 11.6 Å². The molecule has 0 unspecified atom stereocenters. The minimum atomic E-state index is -0.368. The molecule has 2 fully saturated rings. The molecule has 1 aliphatic carbocycles. The first-order valence-electron chi connectivity index (χ1n) is 9.47. The standard InChI is InChI=1S/C20H30BNO3/c1-14-13-16(22-18(23)15-9-7-6-8-10-15)11-12-17(14)21-24-19(2,3)20(4,5)25-21/h11-13,15H,6-10H2,1-5H3,(H,22,23). The van der Waals surface area contributed by atoms with E-state index in [2.05, 4.69) is 33.0 Å². The molecule has 1 aromatic carbocycles.